The van der Waals surface area contributed by atoms with Crippen molar-refractivity contribution in [2.24, 2.45) is 5.73 Å². The predicted octanol–water partition coefficient (Wildman–Crippen LogP) is 4.47. The maximum Gasteiger partial charge on any atom is 0.244 e. The van der Waals surface area contributed by atoms with Gasteiger partial charge < -0.3 is 5.73 Å². The van der Waals surface area contributed by atoms with E-state index in [1.807, 2.05) is 24.3 Å². The smallest absolute Gasteiger partial charge is 0.244 e. The third kappa shape index (κ3) is 6.37. The van der Waals surface area contributed by atoms with E-state index in [1.165, 1.54) is 24.8 Å². The fraction of sp³-hybridized carbons (Fsp3) is 0.389. The van der Waals surface area contributed by atoms with E-state index in [-0.39, 0.29) is 5.91 Å². The molecule has 20 heavy (non-hydrogen) atoms. The van der Waals surface area contributed by atoms with Crippen LogP contribution in [0.4, 0.5) is 0 Å². The Kier molecular flexibility index (Phi) is 7.41. The summed E-state index contributed by atoms with van der Waals surface area (Å²) in [4.78, 5) is 11.2. The Labute approximate surface area is 122 Å². The molecule has 1 aromatic rings. The van der Waals surface area contributed by atoms with Gasteiger partial charge in [0.25, 0.3) is 0 Å². The van der Waals surface area contributed by atoms with Crippen LogP contribution in [0.2, 0.25) is 0 Å². The number of amides is 1. The first-order valence-corrected chi connectivity index (χ1v) is 7.37. The highest BCUT2D eigenvalue weighted by molar-refractivity contribution is 5.92. The first-order valence-electron chi connectivity index (χ1n) is 7.37. The third-order valence-corrected chi connectivity index (χ3v) is 3.26. The number of nitrogens with two attached hydrogens (primary N) is 1. The van der Waals surface area contributed by atoms with Crippen molar-refractivity contribution >= 4 is 12.0 Å². The van der Waals surface area contributed by atoms with Crippen LogP contribution in [0.5, 0.6) is 0 Å². The van der Waals surface area contributed by atoms with E-state index in [1.54, 1.807) is 6.92 Å². The second-order valence-electron chi connectivity index (χ2n) is 5.13. The number of unbranched alkanes of at least 4 members (excludes halogenated alkanes) is 3. The first-order chi connectivity index (χ1) is 9.63. The zero-order chi connectivity index (χ0) is 14.8. The lowest BCUT2D eigenvalue weighted by Gasteiger charge is -2.05. The van der Waals surface area contributed by atoms with Gasteiger partial charge in [0.1, 0.15) is 0 Å². The summed E-state index contributed by atoms with van der Waals surface area (Å²) in [5.74, 6) is -0.350. The SMILES string of the molecule is CCCCCCC(=Cc1ccccc1)/C=C(\C)C(N)=O. The molecule has 0 aliphatic carbocycles. The molecule has 108 valence electrons. The number of rotatable bonds is 8. The minimum atomic E-state index is -0.350. The van der Waals surface area contributed by atoms with Crippen molar-refractivity contribution < 1.29 is 4.79 Å². The van der Waals surface area contributed by atoms with Crippen LogP contribution in [-0.4, -0.2) is 5.91 Å². The molecule has 1 amide bonds. The van der Waals surface area contributed by atoms with Crippen molar-refractivity contribution in [3.63, 3.8) is 0 Å². The van der Waals surface area contributed by atoms with Gasteiger partial charge in [-0.3, -0.25) is 4.79 Å². The van der Waals surface area contributed by atoms with Crippen LogP contribution in [-0.2, 0) is 4.79 Å². The molecule has 0 fully saturated rings. The van der Waals surface area contributed by atoms with E-state index in [4.69, 9.17) is 5.73 Å². The number of carbonyl (C=O) groups excluding carboxylic acids is 1. The average Bonchev–Trinajstić information content (AvgIpc) is 2.44. The fourth-order valence-electron chi connectivity index (χ4n) is 2.05. The van der Waals surface area contributed by atoms with Crippen molar-refractivity contribution in [3.05, 3.63) is 53.1 Å². The van der Waals surface area contributed by atoms with Gasteiger partial charge in [-0.05, 0) is 30.9 Å². The van der Waals surface area contributed by atoms with Gasteiger partial charge >= 0.3 is 0 Å². The topological polar surface area (TPSA) is 43.1 Å². The molecule has 0 atom stereocenters. The monoisotopic (exact) mass is 271 g/mol. The van der Waals surface area contributed by atoms with Gasteiger partial charge in [-0.25, -0.2) is 0 Å². The second kappa shape index (κ2) is 9.13. The summed E-state index contributed by atoms with van der Waals surface area (Å²) >= 11 is 0. The summed E-state index contributed by atoms with van der Waals surface area (Å²) in [6.07, 6.45) is 9.91. The van der Waals surface area contributed by atoms with E-state index in [0.29, 0.717) is 5.57 Å². The molecule has 2 N–H and O–H groups in total. The molecular weight excluding hydrogens is 246 g/mol. The summed E-state index contributed by atoms with van der Waals surface area (Å²) in [6.45, 7) is 3.98. The lowest BCUT2D eigenvalue weighted by molar-refractivity contribution is -0.114. The normalized spacial score (nSPS) is 12.5. The molecule has 2 heteroatoms. The van der Waals surface area contributed by atoms with E-state index in [0.717, 1.165) is 18.4 Å². The zero-order valence-electron chi connectivity index (χ0n) is 12.6. The Hall–Kier alpha value is -1.83. The quantitative estimate of drug-likeness (QED) is 0.423. The minimum Gasteiger partial charge on any atom is -0.366 e. The Morgan fingerprint density at radius 3 is 2.45 bits per heavy atom. The maximum absolute atomic E-state index is 11.2. The predicted molar refractivity (Wildman–Crippen MR) is 86.1 cm³/mol. The number of benzene rings is 1. The molecule has 0 saturated carbocycles. The van der Waals surface area contributed by atoms with Crippen molar-refractivity contribution in [2.45, 2.75) is 46.0 Å². The minimum absolute atomic E-state index is 0.350. The van der Waals surface area contributed by atoms with Crippen LogP contribution in [0.3, 0.4) is 0 Å². The van der Waals surface area contributed by atoms with Crippen molar-refractivity contribution in [3.8, 4) is 0 Å². The summed E-state index contributed by atoms with van der Waals surface area (Å²) in [7, 11) is 0. The molecule has 2 nitrogen and oxygen atoms in total. The first kappa shape index (κ1) is 16.2. The second-order valence-corrected chi connectivity index (χ2v) is 5.13. The van der Waals surface area contributed by atoms with Crippen molar-refractivity contribution in [1.29, 1.82) is 0 Å². The average molecular weight is 271 g/mol. The van der Waals surface area contributed by atoms with Gasteiger partial charge in [-0.1, -0.05) is 68.7 Å². The number of allylic oxidation sites excluding steroid dienone is 2. The Morgan fingerprint density at radius 1 is 1.15 bits per heavy atom. The van der Waals surface area contributed by atoms with Crippen LogP contribution < -0.4 is 5.73 Å². The molecule has 0 heterocycles. The van der Waals surface area contributed by atoms with Gasteiger partial charge in [-0.2, -0.15) is 0 Å². The Balaban J connectivity index is 2.81. The highest BCUT2D eigenvalue weighted by Gasteiger charge is 2.01. The lowest BCUT2D eigenvalue weighted by atomic mass is 10.0. The van der Waals surface area contributed by atoms with Gasteiger partial charge in [0.2, 0.25) is 5.91 Å². The van der Waals surface area contributed by atoms with Crippen LogP contribution >= 0.6 is 0 Å². The molecule has 0 aromatic heterocycles. The standard InChI is InChI=1S/C18H25NO/c1-3-4-5-7-12-17(13-15(2)18(19)20)14-16-10-8-6-9-11-16/h6,8-11,13-14H,3-5,7,12H2,1-2H3,(H2,19,20)/b15-13+,17-14?. The number of hydrogen-bond acceptors (Lipinski definition) is 1. The van der Waals surface area contributed by atoms with Gasteiger partial charge in [0.05, 0.1) is 0 Å². The molecule has 0 bridgehead atoms. The molecular formula is C18H25NO. The van der Waals surface area contributed by atoms with E-state index < -0.39 is 0 Å². The van der Waals surface area contributed by atoms with Crippen LogP contribution in [0.25, 0.3) is 6.08 Å². The maximum atomic E-state index is 11.2. The van der Waals surface area contributed by atoms with E-state index in [2.05, 4.69) is 25.1 Å². The van der Waals surface area contributed by atoms with E-state index in [9.17, 15) is 4.79 Å². The molecule has 0 spiro atoms. The van der Waals surface area contributed by atoms with Gasteiger partial charge in [-0.15, -0.1) is 0 Å². The molecule has 0 unspecified atom stereocenters. The summed E-state index contributed by atoms with van der Waals surface area (Å²) in [5.41, 5.74) is 8.26. The highest BCUT2D eigenvalue weighted by Crippen LogP contribution is 2.17. The molecule has 1 aromatic carbocycles. The molecule has 0 radical (unpaired) electrons. The van der Waals surface area contributed by atoms with E-state index >= 15 is 0 Å². The summed E-state index contributed by atoms with van der Waals surface area (Å²) in [6, 6.07) is 10.2. The number of hydrogen-bond donors (Lipinski definition) is 1. The molecule has 0 saturated heterocycles. The Bertz CT molecular complexity index is 471. The van der Waals surface area contributed by atoms with Crippen LogP contribution in [0.1, 0.15) is 51.5 Å². The summed E-state index contributed by atoms with van der Waals surface area (Å²) in [5, 5.41) is 0. The van der Waals surface area contributed by atoms with Crippen LogP contribution in [0.15, 0.2) is 47.6 Å². The van der Waals surface area contributed by atoms with Crippen molar-refractivity contribution in [1.82, 2.24) is 0 Å². The van der Waals surface area contributed by atoms with Gasteiger partial charge in [0, 0.05) is 5.57 Å². The summed E-state index contributed by atoms with van der Waals surface area (Å²) < 4.78 is 0. The fourth-order valence-corrected chi connectivity index (χ4v) is 2.05. The largest absolute Gasteiger partial charge is 0.366 e. The molecule has 1 rings (SSSR count). The molecule has 0 aliphatic rings. The van der Waals surface area contributed by atoms with Crippen LogP contribution in [0, 0.1) is 0 Å². The number of primary amides is 1. The van der Waals surface area contributed by atoms with Gasteiger partial charge in [0.15, 0.2) is 0 Å². The Morgan fingerprint density at radius 2 is 1.85 bits per heavy atom. The zero-order valence-corrected chi connectivity index (χ0v) is 12.6. The number of carbonyl (C=O) groups is 1. The van der Waals surface area contributed by atoms with Crippen molar-refractivity contribution in [2.75, 3.05) is 0 Å². The lowest BCUT2D eigenvalue weighted by Crippen LogP contribution is -2.11. The highest BCUT2D eigenvalue weighted by atomic mass is 16.1. The molecule has 0 aliphatic heterocycles. The third-order valence-electron chi connectivity index (χ3n) is 3.26.